The Morgan fingerprint density at radius 3 is 2.57 bits per heavy atom. The number of benzene rings is 2. The van der Waals surface area contributed by atoms with Crippen LogP contribution in [0.3, 0.4) is 0 Å². The Morgan fingerprint density at radius 1 is 1.11 bits per heavy atom. The maximum Gasteiger partial charge on any atom is 0.328 e. The van der Waals surface area contributed by atoms with Crippen LogP contribution in [0.1, 0.15) is 21.7 Å². The summed E-state index contributed by atoms with van der Waals surface area (Å²) in [6.45, 7) is 1.83. The van der Waals surface area contributed by atoms with Gasteiger partial charge in [-0.25, -0.2) is 4.79 Å². The third kappa shape index (κ3) is 3.13. The first kappa shape index (κ1) is 17.9. The average molecular weight is 376 g/mol. The van der Waals surface area contributed by atoms with E-state index in [1.54, 1.807) is 0 Å². The molecule has 0 spiro atoms. The number of aromatic amines is 1. The van der Waals surface area contributed by atoms with E-state index in [0.717, 1.165) is 27.4 Å². The SMILES string of the molecule is COC(=O)C(Cc1c[nH]c2ccccc12)NC(=O)c1oc2ccccc2c1C. The number of hydrogen-bond donors (Lipinski definition) is 2. The van der Waals surface area contributed by atoms with E-state index in [-0.39, 0.29) is 5.76 Å². The van der Waals surface area contributed by atoms with Crippen molar-refractivity contribution in [3.05, 3.63) is 71.6 Å². The van der Waals surface area contributed by atoms with Crippen molar-refractivity contribution < 1.29 is 18.7 Å². The fourth-order valence-corrected chi connectivity index (χ4v) is 3.47. The van der Waals surface area contributed by atoms with Gasteiger partial charge in [-0.3, -0.25) is 4.79 Å². The van der Waals surface area contributed by atoms with E-state index in [1.165, 1.54) is 7.11 Å². The lowest BCUT2D eigenvalue weighted by molar-refractivity contribution is -0.142. The van der Waals surface area contributed by atoms with E-state index in [4.69, 9.17) is 9.15 Å². The van der Waals surface area contributed by atoms with Gasteiger partial charge in [-0.05, 0) is 24.6 Å². The van der Waals surface area contributed by atoms with Gasteiger partial charge in [0, 0.05) is 34.5 Å². The maximum atomic E-state index is 12.8. The zero-order valence-electron chi connectivity index (χ0n) is 15.6. The molecule has 0 saturated heterocycles. The number of H-pyrrole nitrogens is 1. The fraction of sp³-hybridized carbons (Fsp3) is 0.182. The molecule has 0 bridgehead atoms. The molecule has 2 N–H and O–H groups in total. The Bertz CT molecular complexity index is 1170. The number of amides is 1. The van der Waals surface area contributed by atoms with Crippen molar-refractivity contribution in [1.29, 1.82) is 0 Å². The number of esters is 1. The summed E-state index contributed by atoms with van der Waals surface area (Å²) in [4.78, 5) is 28.3. The summed E-state index contributed by atoms with van der Waals surface area (Å²) in [5.74, 6) is -0.745. The standard InChI is InChI=1S/C22H20N2O4/c1-13-15-7-4-6-10-19(15)28-20(13)21(25)24-18(22(26)27-2)11-14-12-23-17-9-5-3-8-16(14)17/h3-10,12,18,23H,11H2,1-2H3,(H,24,25). The van der Waals surface area contributed by atoms with Crippen molar-refractivity contribution in [2.45, 2.75) is 19.4 Å². The number of carbonyl (C=O) groups is 2. The minimum absolute atomic E-state index is 0.203. The van der Waals surface area contributed by atoms with Crippen molar-refractivity contribution in [2.24, 2.45) is 0 Å². The Labute approximate surface area is 161 Å². The summed E-state index contributed by atoms with van der Waals surface area (Å²) in [6, 6.07) is 14.4. The van der Waals surface area contributed by atoms with Crippen LogP contribution in [-0.4, -0.2) is 30.0 Å². The molecule has 0 fully saturated rings. The van der Waals surface area contributed by atoms with Crippen LogP contribution in [0.25, 0.3) is 21.9 Å². The van der Waals surface area contributed by atoms with Crippen molar-refractivity contribution in [3.8, 4) is 0 Å². The molecule has 1 amide bonds. The highest BCUT2D eigenvalue weighted by molar-refractivity contribution is 6.00. The molecular formula is C22H20N2O4. The van der Waals surface area contributed by atoms with Crippen molar-refractivity contribution in [3.63, 3.8) is 0 Å². The number of hydrogen-bond acceptors (Lipinski definition) is 4. The molecular weight excluding hydrogens is 356 g/mol. The van der Waals surface area contributed by atoms with Gasteiger partial charge in [0.25, 0.3) is 5.91 Å². The number of carbonyl (C=O) groups excluding carboxylic acids is 2. The molecule has 6 nitrogen and oxygen atoms in total. The first-order valence-corrected chi connectivity index (χ1v) is 9.00. The summed E-state index contributed by atoms with van der Waals surface area (Å²) < 4.78 is 10.6. The molecule has 0 radical (unpaired) electrons. The lowest BCUT2D eigenvalue weighted by Crippen LogP contribution is -2.43. The summed E-state index contributed by atoms with van der Waals surface area (Å²) in [6.07, 6.45) is 2.15. The molecule has 28 heavy (non-hydrogen) atoms. The van der Waals surface area contributed by atoms with E-state index in [9.17, 15) is 9.59 Å². The minimum atomic E-state index is -0.829. The average Bonchev–Trinajstić information content (AvgIpc) is 3.28. The molecule has 1 atom stereocenters. The Hall–Kier alpha value is -3.54. The highest BCUT2D eigenvalue weighted by atomic mass is 16.5. The van der Waals surface area contributed by atoms with Crippen LogP contribution in [-0.2, 0) is 16.0 Å². The molecule has 6 heteroatoms. The van der Waals surface area contributed by atoms with E-state index in [1.807, 2.05) is 61.7 Å². The van der Waals surface area contributed by atoms with Gasteiger partial charge in [0.1, 0.15) is 11.6 Å². The monoisotopic (exact) mass is 376 g/mol. The van der Waals surface area contributed by atoms with E-state index in [0.29, 0.717) is 12.0 Å². The molecule has 4 aromatic rings. The second-order valence-electron chi connectivity index (χ2n) is 6.67. The number of aryl methyl sites for hydroxylation is 1. The van der Waals surface area contributed by atoms with Crippen LogP contribution in [0.2, 0.25) is 0 Å². The zero-order chi connectivity index (χ0) is 19.7. The number of para-hydroxylation sites is 2. The van der Waals surface area contributed by atoms with Crippen LogP contribution in [0, 0.1) is 6.92 Å². The van der Waals surface area contributed by atoms with Gasteiger partial charge in [-0.2, -0.15) is 0 Å². The summed E-state index contributed by atoms with van der Waals surface area (Å²) in [5.41, 5.74) is 3.27. The smallest absolute Gasteiger partial charge is 0.328 e. The van der Waals surface area contributed by atoms with Gasteiger partial charge in [0.05, 0.1) is 7.11 Å². The number of fused-ring (bicyclic) bond motifs is 2. The predicted molar refractivity (Wildman–Crippen MR) is 106 cm³/mol. The lowest BCUT2D eigenvalue weighted by Gasteiger charge is -2.15. The number of aromatic nitrogens is 1. The Kier molecular flexibility index (Phi) is 4.61. The first-order chi connectivity index (χ1) is 13.6. The highest BCUT2D eigenvalue weighted by Crippen LogP contribution is 2.25. The molecule has 2 aromatic carbocycles. The molecule has 4 rings (SSSR count). The second-order valence-corrected chi connectivity index (χ2v) is 6.67. The van der Waals surface area contributed by atoms with Crippen molar-refractivity contribution in [1.82, 2.24) is 10.3 Å². The fourth-order valence-electron chi connectivity index (χ4n) is 3.47. The highest BCUT2D eigenvalue weighted by Gasteiger charge is 2.26. The Morgan fingerprint density at radius 2 is 1.82 bits per heavy atom. The number of methoxy groups -OCH3 is 1. The topological polar surface area (TPSA) is 84.3 Å². The van der Waals surface area contributed by atoms with Crippen LogP contribution in [0.15, 0.2) is 59.1 Å². The molecule has 0 saturated carbocycles. The number of furan rings is 1. The van der Waals surface area contributed by atoms with Crippen LogP contribution < -0.4 is 5.32 Å². The van der Waals surface area contributed by atoms with Gasteiger partial charge in [0.2, 0.25) is 0 Å². The predicted octanol–water partition coefficient (Wildman–Crippen LogP) is 3.74. The molecule has 2 heterocycles. The first-order valence-electron chi connectivity index (χ1n) is 9.00. The third-order valence-corrected chi connectivity index (χ3v) is 4.94. The second kappa shape index (κ2) is 7.23. The van der Waals surface area contributed by atoms with Gasteiger partial charge in [-0.15, -0.1) is 0 Å². The largest absolute Gasteiger partial charge is 0.467 e. The summed E-state index contributed by atoms with van der Waals surface area (Å²) >= 11 is 0. The van der Waals surface area contributed by atoms with Gasteiger partial charge >= 0.3 is 5.97 Å². The summed E-state index contributed by atoms with van der Waals surface area (Å²) in [5, 5.41) is 4.65. The lowest BCUT2D eigenvalue weighted by atomic mass is 10.0. The maximum absolute atomic E-state index is 12.8. The minimum Gasteiger partial charge on any atom is -0.467 e. The van der Waals surface area contributed by atoms with Crippen molar-refractivity contribution >= 4 is 33.7 Å². The Balaban J connectivity index is 1.62. The molecule has 0 aliphatic rings. The van der Waals surface area contributed by atoms with E-state index < -0.39 is 17.9 Å². The molecule has 0 aliphatic carbocycles. The number of rotatable bonds is 5. The number of nitrogens with one attached hydrogen (secondary N) is 2. The van der Waals surface area contributed by atoms with Gasteiger partial charge in [0.15, 0.2) is 5.76 Å². The van der Waals surface area contributed by atoms with Crippen LogP contribution in [0.4, 0.5) is 0 Å². The van der Waals surface area contributed by atoms with Gasteiger partial charge in [-0.1, -0.05) is 36.4 Å². The quantitative estimate of drug-likeness (QED) is 0.520. The van der Waals surface area contributed by atoms with Gasteiger partial charge < -0.3 is 19.5 Å². The third-order valence-electron chi connectivity index (χ3n) is 4.94. The zero-order valence-corrected chi connectivity index (χ0v) is 15.6. The molecule has 0 aliphatic heterocycles. The molecule has 142 valence electrons. The summed E-state index contributed by atoms with van der Waals surface area (Å²) in [7, 11) is 1.31. The van der Waals surface area contributed by atoms with Crippen LogP contribution >= 0.6 is 0 Å². The molecule has 2 aromatic heterocycles. The van der Waals surface area contributed by atoms with Crippen LogP contribution in [0.5, 0.6) is 0 Å². The van der Waals surface area contributed by atoms with E-state index in [2.05, 4.69) is 10.3 Å². The van der Waals surface area contributed by atoms with Crippen molar-refractivity contribution in [2.75, 3.05) is 7.11 Å². The normalized spacial score (nSPS) is 12.2. The number of ether oxygens (including phenoxy) is 1. The van der Waals surface area contributed by atoms with E-state index >= 15 is 0 Å². The molecule has 1 unspecified atom stereocenters.